The van der Waals surface area contributed by atoms with Crippen molar-refractivity contribution in [3.63, 3.8) is 0 Å². The fraction of sp³-hybridized carbons (Fsp3) is 0.846. The second-order valence-electron chi connectivity index (χ2n) is 5.82. The Morgan fingerprint density at radius 1 is 1.42 bits per heavy atom. The van der Waals surface area contributed by atoms with Crippen LogP contribution in [0.25, 0.3) is 0 Å². The van der Waals surface area contributed by atoms with E-state index in [2.05, 4.69) is 5.32 Å². The van der Waals surface area contributed by atoms with Crippen molar-refractivity contribution in [3.05, 3.63) is 0 Å². The number of likely N-dealkylation sites (tertiary alicyclic amines) is 1. The number of primary amides is 1. The van der Waals surface area contributed by atoms with Gasteiger partial charge in [-0.25, -0.2) is 4.79 Å². The van der Waals surface area contributed by atoms with Gasteiger partial charge in [0, 0.05) is 19.0 Å². The summed E-state index contributed by atoms with van der Waals surface area (Å²) in [6.45, 7) is 3.16. The summed E-state index contributed by atoms with van der Waals surface area (Å²) in [4.78, 5) is 24.5. The van der Waals surface area contributed by atoms with E-state index in [4.69, 9.17) is 5.73 Å². The Morgan fingerprint density at radius 3 is 2.84 bits per heavy atom. The fourth-order valence-electron chi connectivity index (χ4n) is 3.34. The van der Waals surface area contributed by atoms with Crippen LogP contribution >= 0.6 is 0 Å². The summed E-state index contributed by atoms with van der Waals surface area (Å²) in [5.41, 5.74) is 4.41. The van der Waals surface area contributed by atoms with Crippen molar-refractivity contribution in [1.82, 2.24) is 10.2 Å². The van der Waals surface area contributed by atoms with E-state index in [0.29, 0.717) is 19.5 Å². The van der Waals surface area contributed by atoms with Gasteiger partial charge in [-0.3, -0.25) is 15.0 Å². The SMILES string of the molecule is CC(C(=O)NC(N)=O)N1CCC2(O)CCCCC2C1. The third kappa shape index (κ3) is 3.06. The first-order chi connectivity index (χ1) is 8.92. The lowest BCUT2D eigenvalue weighted by molar-refractivity contribution is -0.132. The predicted octanol–water partition coefficient (Wildman–Crippen LogP) is 0.197. The number of amides is 3. The molecular weight excluding hydrogens is 246 g/mol. The molecule has 1 saturated carbocycles. The second kappa shape index (κ2) is 5.46. The molecule has 19 heavy (non-hydrogen) atoms. The lowest BCUT2D eigenvalue weighted by atomic mass is 9.71. The quantitative estimate of drug-likeness (QED) is 0.667. The van der Waals surface area contributed by atoms with Crippen LogP contribution in [-0.4, -0.2) is 46.7 Å². The van der Waals surface area contributed by atoms with Crippen LogP contribution in [0.15, 0.2) is 0 Å². The summed E-state index contributed by atoms with van der Waals surface area (Å²) in [5, 5.41) is 12.7. The molecule has 1 aliphatic carbocycles. The largest absolute Gasteiger partial charge is 0.390 e. The van der Waals surface area contributed by atoms with Gasteiger partial charge in [-0.15, -0.1) is 0 Å². The Labute approximate surface area is 113 Å². The van der Waals surface area contributed by atoms with E-state index < -0.39 is 11.6 Å². The number of aliphatic hydroxyl groups is 1. The molecule has 1 heterocycles. The molecule has 1 aliphatic heterocycles. The van der Waals surface area contributed by atoms with Crippen LogP contribution in [0.1, 0.15) is 39.0 Å². The zero-order chi connectivity index (χ0) is 14.0. The van der Waals surface area contributed by atoms with Crippen LogP contribution in [0.3, 0.4) is 0 Å². The minimum absolute atomic E-state index is 0.235. The van der Waals surface area contributed by atoms with Gasteiger partial charge in [0.05, 0.1) is 11.6 Å². The highest BCUT2D eigenvalue weighted by Gasteiger charge is 2.44. The number of urea groups is 1. The number of hydrogen-bond acceptors (Lipinski definition) is 4. The van der Waals surface area contributed by atoms with Crippen LogP contribution < -0.4 is 11.1 Å². The van der Waals surface area contributed by atoms with Gasteiger partial charge in [-0.2, -0.15) is 0 Å². The van der Waals surface area contributed by atoms with Crippen molar-refractivity contribution >= 4 is 11.9 Å². The maximum absolute atomic E-state index is 11.8. The van der Waals surface area contributed by atoms with Gasteiger partial charge >= 0.3 is 6.03 Å². The Kier molecular flexibility index (Phi) is 4.10. The molecule has 6 nitrogen and oxygen atoms in total. The van der Waals surface area contributed by atoms with E-state index in [0.717, 1.165) is 25.7 Å². The smallest absolute Gasteiger partial charge is 0.318 e. The van der Waals surface area contributed by atoms with Gasteiger partial charge in [0.25, 0.3) is 0 Å². The van der Waals surface area contributed by atoms with E-state index in [1.165, 1.54) is 0 Å². The van der Waals surface area contributed by atoms with Crippen LogP contribution in [0.2, 0.25) is 0 Å². The first-order valence-corrected chi connectivity index (χ1v) is 6.99. The van der Waals surface area contributed by atoms with Crippen LogP contribution in [0, 0.1) is 5.92 Å². The summed E-state index contributed by atoms with van der Waals surface area (Å²) >= 11 is 0. The molecule has 1 saturated heterocycles. The Bertz CT molecular complexity index is 374. The van der Waals surface area contributed by atoms with Crippen molar-refractivity contribution in [3.8, 4) is 0 Å². The van der Waals surface area contributed by atoms with Crippen LogP contribution in [-0.2, 0) is 4.79 Å². The fourth-order valence-corrected chi connectivity index (χ4v) is 3.34. The lowest BCUT2D eigenvalue weighted by Crippen LogP contribution is -2.58. The molecule has 0 aromatic rings. The highest BCUT2D eigenvalue weighted by Crippen LogP contribution is 2.40. The molecule has 2 aliphatic rings. The third-order valence-electron chi connectivity index (χ3n) is 4.63. The number of carbonyl (C=O) groups excluding carboxylic acids is 2. The van der Waals surface area contributed by atoms with Gasteiger partial charge in [0.2, 0.25) is 5.91 Å². The number of nitrogens with two attached hydrogens (primary N) is 1. The maximum Gasteiger partial charge on any atom is 0.318 e. The number of imide groups is 1. The van der Waals surface area contributed by atoms with E-state index in [-0.39, 0.29) is 17.9 Å². The lowest BCUT2D eigenvalue weighted by Gasteiger charge is -2.48. The Balaban J connectivity index is 1.96. The average Bonchev–Trinajstić information content (AvgIpc) is 2.36. The predicted molar refractivity (Wildman–Crippen MR) is 70.3 cm³/mol. The van der Waals surface area contributed by atoms with Gasteiger partial charge in [0.15, 0.2) is 0 Å². The summed E-state index contributed by atoms with van der Waals surface area (Å²) < 4.78 is 0. The highest BCUT2D eigenvalue weighted by molar-refractivity contribution is 5.96. The van der Waals surface area contributed by atoms with E-state index in [1.54, 1.807) is 6.92 Å². The monoisotopic (exact) mass is 269 g/mol. The molecular formula is C13H23N3O3. The Morgan fingerprint density at radius 2 is 2.16 bits per heavy atom. The molecule has 0 aromatic heterocycles. The first kappa shape index (κ1) is 14.3. The summed E-state index contributed by atoms with van der Waals surface area (Å²) in [6.07, 6.45) is 4.81. The van der Waals surface area contributed by atoms with E-state index >= 15 is 0 Å². The number of carbonyl (C=O) groups is 2. The average molecular weight is 269 g/mol. The van der Waals surface area contributed by atoms with Crippen molar-refractivity contribution in [2.24, 2.45) is 11.7 Å². The molecule has 108 valence electrons. The standard InChI is InChI=1S/C13H23N3O3/c1-9(11(17)15-12(14)18)16-7-6-13(19)5-3-2-4-10(13)8-16/h9-10,19H,2-8H2,1H3,(H3,14,15,17,18). The topological polar surface area (TPSA) is 95.7 Å². The van der Waals surface area contributed by atoms with Crippen molar-refractivity contribution in [1.29, 1.82) is 0 Å². The molecule has 3 atom stereocenters. The van der Waals surface area contributed by atoms with Crippen LogP contribution in [0.4, 0.5) is 4.79 Å². The number of fused-ring (bicyclic) bond motifs is 1. The van der Waals surface area contributed by atoms with E-state index in [9.17, 15) is 14.7 Å². The Hall–Kier alpha value is -1.14. The third-order valence-corrected chi connectivity index (χ3v) is 4.63. The number of piperidine rings is 1. The number of rotatable bonds is 2. The minimum Gasteiger partial charge on any atom is -0.390 e. The summed E-state index contributed by atoms with van der Waals surface area (Å²) in [7, 11) is 0. The molecule has 3 unspecified atom stereocenters. The van der Waals surface area contributed by atoms with Crippen molar-refractivity contribution in [2.45, 2.75) is 50.7 Å². The number of nitrogens with one attached hydrogen (secondary N) is 1. The zero-order valence-corrected chi connectivity index (χ0v) is 11.4. The number of hydrogen-bond donors (Lipinski definition) is 3. The normalized spacial score (nSPS) is 33.3. The molecule has 0 aromatic carbocycles. The molecule has 2 fully saturated rings. The van der Waals surface area contributed by atoms with Crippen molar-refractivity contribution in [2.75, 3.05) is 13.1 Å². The molecule has 3 amide bonds. The first-order valence-electron chi connectivity index (χ1n) is 6.99. The van der Waals surface area contributed by atoms with E-state index in [1.807, 2.05) is 4.90 Å². The molecule has 6 heteroatoms. The summed E-state index contributed by atoms with van der Waals surface area (Å²) in [6, 6.07) is -1.21. The van der Waals surface area contributed by atoms with Gasteiger partial charge in [-0.1, -0.05) is 12.8 Å². The molecule has 0 bridgehead atoms. The van der Waals surface area contributed by atoms with Crippen molar-refractivity contribution < 1.29 is 14.7 Å². The summed E-state index contributed by atoms with van der Waals surface area (Å²) in [5.74, 6) is -0.132. The molecule has 0 radical (unpaired) electrons. The van der Waals surface area contributed by atoms with Crippen LogP contribution in [0.5, 0.6) is 0 Å². The van der Waals surface area contributed by atoms with Gasteiger partial charge in [-0.05, 0) is 26.2 Å². The zero-order valence-electron chi connectivity index (χ0n) is 11.4. The van der Waals surface area contributed by atoms with Gasteiger partial charge < -0.3 is 10.8 Å². The second-order valence-corrected chi connectivity index (χ2v) is 5.82. The molecule has 2 rings (SSSR count). The minimum atomic E-state index is -0.817. The molecule has 0 spiro atoms. The molecule has 4 N–H and O–H groups in total. The highest BCUT2D eigenvalue weighted by atomic mass is 16.3. The maximum atomic E-state index is 11.8. The number of nitrogens with zero attached hydrogens (tertiary/aromatic N) is 1. The van der Waals surface area contributed by atoms with Gasteiger partial charge in [0.1, 0.15) is 0 Å².